The summed E-state index contributed by atoms with van der Waals surface area (Å²) < 4.78 is 10.4. The lowest BCUT2D eigenvalue weighted by Crippen LogP contribution is -2.23. The quantitative estimate of drug-likeness (QED) is 0.606. The van der Waals surface area contributed by atoms with Gasteiger partial charge in [-0.2, -0.15) is 11.3 Å². The van der Waals surface area contributed by atoms with E-state index in [0.717, 1.165) is 10.6 Å². The zero-order chi connectivity index (χ0) is 16.2. The molecule has 2 heterocycles. The first-order valence-electron chi connectivity index (χ1n) is 7.28. The number of thiophene rings is 1. The van der Waals surface area contributed by atoms with Crippen LogP contribution in [0.5, 0.6) is 0 Å². The molecule has 1 aromatic carbocycles. The number of ether oxygens (including phenoxy) is 2. The maximum atomic E-state index is 12.4. The number of thioether (sulfide) groups is 1. The van der Waals surface area contributed by atoms with Crippen molar-refractivity contribution in [1.29, 1.82) is 0 Å². The molecule has 1 aliphatic rings. The molecule has 0 amide bonds. The van der Waals surface area contributed by atoms with Gasteiger partial charge in [-0.25, -0.2) is 9.59 Å². The molecule has 4 nitrogen and oxygen atoms in total. The molecule has 6 heteroatoms. The van der Waals surface area contributed by atoms with Crippen molar-refractivity contribution in [2.75, 3.05) is 0 Å². The van der Waals surface area contributed by atoms with Crippen molar-refractivity contribution in [3.63, 3.8) is 0 Å². The highest BCUT2D eigenvalue weighted by atomic mass is 32.2. The number of hydrogen-bond acceptors (Lipinski definition) is 6. The summed E-state index contributed by atoms with van der Waals surface area (Å²) in [6.07, 6.45) is -0.592. The second-order valence-corrected chi connectivity index (χ2v) is 7.09. The number of carbonyl (C=O) groups is 2. The van der Waals surface area contributed by atoms with Crippen LogP contribution in [0.15, 0.2) is 46.0 Å². The summed E-state index contributed by atoms with van der Waals surface area (Å²) in [6, 6.07) is 9.36. The molecule has 0 radical (unpaired) electrons. The van der Waals surface area contributed by atoms with E-state index in [1.807, 2.05) is 17.5 Å². The SMILES string of the molecule is C[C@@H]1C[C@@H](OC(=O)c2ccccc2SCc2ccsc2)C(=O)O1. The lowest BCUT2D eigenvalue weighted by atomic mass is 10.2. The van der Waals surface area contributed by atoms with Crippen molar-refractivity contribution in [2.24, 2.45) is 0 Å². The van der Waals surface area contributed by atoms with Crippen LogP contribution in [-0.4, -0.2) is 24.1 Å². The van der Waals surface area contributed by atoms with Crippen LogP contribution in [0.4, 0.5) is 0 Å². The van der Waals surface area contributed by atoms with Crippen molar-refractivity contribution in [2.45, 2.75) is 36.2 Å². The fourth-order valence-electron chi connectivity index (χ4n) is 2.31. The summed E-state index contributed by atoms with van der Waals surface area (Å²) in [6.45, 7) is 1.79. The first-order valence-corrected chi connectivity index (χ1v) is 9.20. The van der Waals surface area contributed by atoms with E-state index in [9.17, 15) is 9.59 Å². The van der Waals surface area contributed by atoms with Crippen LogP contribution in [0, 0.1) is 0 Å². The zero-order valence-corrected chi connectivity index (χ0v) is 14.2. The third-order valence-corrected chi connectivity index (χ3v) is 5.33. The molecule has 1 saturated heterocycles. The van der Waals surface area contributed by atoms with Crippen LogP contribution < -0.4 is 0 Å². The van der Waals surface area contributed by atoms with Gasteiger partial charge in [-0.15, -0.1) is 11.8 Å². The standard InChI is InChI=1S/C17H16O4S2/c1-11-8-14(17(19)20-11)21-16(18)13-4-2-3-5-15(13)23-10-12-6-7-22-9-12/h2-7,9,11,14H,8,10H2,1H3/t11-,14-/m1/s1. The molecule has 0 saturated carbocycles. The fraction of sp³-hybridized carbons (Fsp3) is 0.294. The summed E-state index contributed by atoms with van der Waals surface area (Å²) in [5.41, 5.74) is 1.71. The Morgan fingerprint density at radius 1 is 1.39 bits per heavy atom. The van der Waals surface area contributed by atoms with Crippen LogP contribution in [-0.2, 0) is 20.0 Å². The van der Waals surface area contributed by atoms with Crippen molar-refractivity contribution >= 4 is 35.0 Å². The summed E-state index contributed by atoms with van der Waals surface area (Å²) in [7, 11) is 0. The molecule has 0 aliphatic carbocycles. The van der Waals surface area contributed by atoms with Crippen LogP contribution in [0.1, 0.15) is 29.3 Å². The summed E-state index contributed by atoms with van der Waals surface area (Å²) in [5, 5.41) is 4.12. The lowest BCUT2D eigenvalue weighted by molar-refractivity contribution is -0.147. The first kappa shape index (κ1) is 16.1. The number of hydrogen-bond donors (Lipinski definition) is 0. The third-order valence-electron chi connectivity index (χ3n) is 3.46. The smallest absolute Gasteiger partial charge is 0.347 e. The number of esters is 2. The van der Waals surface area contributed by atoms with E-state index in [1.165, 1.54) is 5.56 Å². The molecule has 0 bridgehead atoms. The molecule has 1 fully saturated rings. The summed E-state index contributed by atoms with van der Waals surface area (Å²) in [5.74, 6) is -0.153. The third kappa shape index (κ3) is 3.95. The summed E-state index contributed by atoms with van der Waals surface area (Å²) >= 11 is 3.23. The molecule has 0 unspecified atom stereocenters. The minimum atomic E-state index is -0.799. The van der Waals surface area contributed by atoms with Gasteiger partial charge in [0, 0.05) is 17.1 Å². The molecule has 2 aromatic rings. The summed E-state index contributed by atoms with van der Waals surface area (Å²) in [4.78, 5) is 24.9. The fourth-order valence-corrected chi connectivity index (χ4v) is 4.06. The second-order valence-electron chi connectivity index (χ2n) is 5.29. The molecule has 1 aliphatic heterocycles. The Labute approximate surface area is 142 Å². The monoisotopic (exact) mass is 348 g/mol. The van der Waals surface area contributed by atoms with Crippen LogP contribution >= 0.6 is 23.1 Å². The maximum Gasteiger partial charge on any atom is 0.347 e. The van der Waals surface area contributed by atoms with E-state index in [0.29, 0.717) is 12.0 Å². The Morgan fingerprint density at radius 3 is 2.91 bits per heavy atom. The van der Waals surface area contributed by atoms with E-state index in [-0.39, 0.29) is 6.10 Å². The average molecular weight is 348 g/mol. The average Bonchev–Trinajstić information content (AvgIpc) is 3.15. The van der Waals surface area contributed by atoms with Gasteiger partial charge in [0.2, 0.25) is 6.10 Å². The normalized spacial score (nSPS) is 20.3. The largest absolute Gasteiger partial charge is 0.460 e. The number of rotatable bonds is 5. The van der Waals surface area contributed by atoms with Crippen molar-refractivity contribution in [3.8, 4) is 0 Å². The van der Waals surface area contributed by atoms with Gasteiger partial charge in [0.15, 0.2) is 0 Å². The predicted octanol–water partition coefficient (Wildman–Crippen LogP) is 3.90. The minimum Gasteiger partial charge on any atom is -0.460 e. The van der Waals surface area contributed by atoms with E-state index >= 15 is 0 Å². The molecule has 23 heavy (non-hydrogen) atoms. The lowest BCUT2D eigenvalue weighted by Gasteiger charge is -2.11. The molecule has 3 rings (SSSR count). The Bertz CT molecular complexity index is 696. The van der Waals surface area contributed by atoms with Crippen LogP contribution in [0.3, 0.4) is 0 Å². The van der Waals surface area contributed by atoms with Gasteiger partial charge in [0.1, 0.15) is 6.10 Å². The number of cyclic esters (lactones) is 1. The topological polar surface area (TPSA) is 52.6 Å². The van der Waals surface area contributed by atoms with E-state index < -0.39 is 18.0 Å². The Balaban J connectivity index is 1.69. The van der Waals surface area contributed by atoms with Gasteiger partial charge < -0.3 is 9.47 Å². The number of benzene rings is 1. The Hall–Kier alpha value is -1.79. The minimum absolute atomic E-state index is 0.205. The zero-order valence-electron chi connectivity index (χ0n) is 12.6. The van der Waals surface area contributed by atoms with Crippen molar-refractivity contribution in [3.05, 3.63) is 52.2 Å². The van der Waals surface area contributed by atoms with Gasteiger partial charge in [-0.3, -0.25) is 0 Å². The van der Waals surface area contributed by atoms with E-state index in [2.05, 4.69) is 11.4 Å². The predicted molar refractivity (Wildman–Crippen MR) is 89.7 cm³/mol. The molecule has 0 N–H and O–H groups in total. The first-order chi connectivity index (χ1) is 11.1. The molecule has 120 valence electrons. The van der Waals surface area contributed by atoms with Crippen molar-refractivity contribution in [1.82, 2.24) is 0 Å². The Kier molecular flexibility index (Phi) is 5.03. The molecular formula is C17H16O4S2. The highest BCUT2D eigenvalue weighted by Crippen LogP contribution is 2.28. The van der Waals surface area contributed by atoms with E-state index in [1.54, 1.807) is 42.2 Å². The van der Waals surface area contributed by atoms with Gasteiger partial charge in [0.25, 0.3) is 0 Å². The molecule has 2 atom stereocenters. The molecule has 0 spiro atoms. The highest BCUT2D eigenvalue weighted by molar-refractivity contribution is 7.98. The van der Waals surface area contributed by atoms with Crippen molar-refractivity contribution < 1.29 is 19.1 Å². The van der Waals surface area contributed by atoms with Gasteiger partial charge in [0.05, 0.1) is 5.56 Å². The highest BCUT2D eigenvalue weighted by Gasteiger charge is 2.35. The van der Waals surface area contributed by atoms with Gasteiger partial charge in [-0.1, -0.05) is 12.1 Å². The molecular weight excluding hydrogens is 332 g/mol. The van der Waals surface area contributed by atoms with Crippen LogP contribution in [0.2, 0.25) is 0 Å². The Morgan fingerprint density at radius 2 is 2.22 bits per heavy atom. The van der Waals surface area contributed by atoms with Gasteiger partial charge in [-0.05, 0) is 41.4 Å². The molecule has 1 aromatic heterocycles. The number of carbonyl (C=O) groups excluding carboxylic acids is 2. The second kappa shape index (κ2) is 7.19. The maximum absolute atomic E-state index is 12.4. The van der Waals surface area contributed by atoms with E-state index in [4.69, 9.17) is 9.47 Å². The van der Waals surface area contributed by atoms with Crippen LogP contribution in [0.25, 0.3) is 0 Å². The van der Waals surface area contributed by atoms with Gasteiger partial charge >= 0.3 is 11.9 Å².